The fourth-order valence-corrected chi connectivity index (χ4v) is 4.16. The second-order valence-electron chi connectivity index (χ2n) is 7.07. The first kappa shape index (κ1) is 21.0. The van der Waals surface area contributed by atoms with Gasteiger partial charge in [0.1, 0.15) is 13.2 Å². The third kappa shape index (κ3) is 5.27. The Kier molecular flexibility index (Phi) is 6.57. The second kappa shape index (κ2) is 9.70. The number of carbonyl (C=O) groups is 3. The Bertz CT molecular complexity index is 1020. The monoisotopic (exact) mass is 438 g/mol. The first-order chi connectivity index (χ1) is 15.1. The summed E-state index contributed by atoms with van der Waals surface area (Å²) < 4.78 is 11.1. The van der Waals surface area contributed by atoms with Gasteiger partial charge in [0.25, 0.3) is 11.1 Å². The predicted octanol–water partition coefficient (Wildman–Crippen LogP) is 3.24. The van der Waals surface area contributed by atoms with Crippen molar-refractivity contribution in [3.8, 4) is 11.5 Å². The van der Waals surface area contributed by atoms with Crippen molar-refractivity contribution in [1.82, 2.24) is 10.2 Å². The molecule has 0 radical (unpaired) electrons. The van der Waals surface area contributed by atoms with Crippen LogP contribution in [-0.2, 0) is 16.0 Å². The molecule has 8 heteroatoms. The zero-order valence-corrected chi connectivity index (χ0v) is 17.7. The van der Waals surface area contributed by atoms with Gasteiger partial charge in [0.2, 0.25) is 5.91 Å². The number of hydrogen-bond acceptors (Lipinski definition) is 6. The van der Waals surface area contributed by atoms with E-state index in [1.807, 2.05) is 48.5 Å². The SMILES string of the molecule is O=C(CCc1ccc2c(c1)OCCO2)NCCN1C(=O)S/C(=C\c2ccccc2)C1=O. The maximum Gasteiger partial charge on any atom is 0.293 e. The van der Waals surface area contributed by atoms with E-state index < -0.39 is 0 Å². The van der Waals surface area contributed by atoms with Crippen LogP contribution in [0.2, 0.25) is 0 Å². The van der Waals surface area contributed by atoms with Crippen LogP contribution < -0.4 is 14.8 Å². The number of imide groups is 1. The van der Waals surface area contributed by atoms with Crippen molar-refractivity contribution in [1.29, 1.82) is 0 Å². The number of carbonyl (C=O) groups excluding carboxylic acids is 3. The average molecular weight is 439 g/mol. The molecule has 0 atom stereocenters. The first-order valence-corrected chi connectivity index (χ1v) is 10.9. The van der Waals surface area contributed by atoms with Crippen molar-refractivity contribution in [3.63, 3.8) is 0 Å². The largest absolute Gasteiger partial charge is 0.486 e. The van der Waals surface area contributed by atoms with Crippen LogP contribution in [0.1, 0.15) is 17.5 Å². The van der Waals surface area contributed by atoms with E-state index in [1.54, 1.807) is 6.08 Å². The molecule has 1 fully saturated rings. The molecule has 0 unspecified atom stereocenters. The molecule has 160 valence electrons. The van der Waals surface area contributed by atoms with E-state index in [9.17, 15) is 14.4 Å². The Morgan fingerprint density at radius 1 is 1.06 bits per heavy atom. The maximum atomic E-state index is 12.5. The van der Waals surface area contributed by atoms with Crippen LogP contribution in [0.3, 0.4) is 0 Å². The van der Waals surface area contributed by atoms with Gasteiger partial charge in [-0.2, -0.15) is 0 Å². The summed E-state index contributed by atoms with van der Waals surface area (Å²) in [5.41, 5.74) is 1.84. The highest BCUT2D eigenvalue weighted by molar-refractivity contribution is 8.18. The molecule has 4 rings (SSSR count). The highest BCUT2D eigenvalue weighted by Gasteiger charge is 2.34. The van der Waals surface area contributed by atoms with Gasteiger partial charge in [0.15, 0.2) is 11.5 Å². The van der Waals surface area contributed by atoms with Gasteiger partial charge in [-0.15, -0.1) is 0 Å². The fraction of sp³-hybridized carbons (Fsp3) is 0.261. The number of fused-ring (bicyclic) bond motifs is 1. The van der Waals surface area contributed by atoms with Crippen molar-refractivity contribution < 1.29 is 23.9 Å². The molecule has 2 heterocycles. The van der Waals surface area contributed by atoms with Crippen molar-refractivity contribution in [3.05, 3.63) is 64.6 Å². The van der Waals surface area contributed by atoms with Crippen LogP contribution in [0.15, 0.2) is 53.4 Å². The molecule has 2 aromatic rings. The lowest BCUT2D eigenvalue weighted by Crippen LogP contribution is -2.37. The van der Waals surface area contributed by atoms with Gasteiger partial charge in [-0.05, 0) is 47.5 Å². The molecule has 31 heavy (non-hydrogen) atoms. The lowest BCUT2D eigenvalue weighted by Gasteiger charge is -2.18. The van der Waals surface area contributed by atoms with Crippen LogP contribution >= 0.6 is 11.8 Å². The van der Waals surface area contributed by atoms with Gasteiger partial charge >= 0.3 is 0 Å². The van der Waals surface area contributed by atoms with E-state index in [0.717, 1.165) is 28.6 Å². The van der Waals surface area contributed by atoms with Crippen LogP contribution in [0.4, 0.5) is 4.79 Å². The predicted molar refractivity (Wildman–Crippen MR) is 118 cm³/mol. The zero-order valence-electron chi connectivity index (χ0n) is 16.8. The Morgan fingerprint density at radius 2 is 1.84 bits per heavy atom. The molecule has 0 spiro atoms. The standard InChI is InChI=1S/C23H22N2O5S/c26-21(9-7-17-6-8-18-19(14-17)30-13-12-29-18)24-10-11-25-22(27)20(31-23(25)28)15-16-4-2-1-3-5-16/h1-6,8,14-15H,7,9-13H2,(H,24,26)/b20-15-. The molecule has 2 aromatic carbocycles. The van der Waals surface area contributed by atoms with Crippen LogP contribution in [0.25, 0.3) is 6.08 Å². The number of rotatable bonds is 7. The average Bonchev–Trinajstić information content (AvgIpc) is 3.05. The molecule has 1 N–H and O–H groups in total. The van der Waals surface area contributed by atoms with Crippen molar-refractivity contribution in [2.75, 3.05) is 26.3 Å². The Labute approximate surface area is 184 Å². The maximum absolute atomic E-state index is 12.5. The van der Waals surface area contributed by atoms with Gasteiger partial charge in [0.05, 0.1) is 4.91 Å². The van der Waals surface area contributed by atoms with Crippen molar-refractivity contribution >= 4 is 34.9 Å². The molecule has 2 aliphatic rings. The van der Waals surface area contributed by atoms with Gasteiger partial charge < -0.3 is 14.8 Å². The lowest BCUT2D eigenvalue weighted by atomic mass is 10.1. The normalized spacial score (nSPS) is 16.6. The van der Waals surface area contributed by atoms with Gasteiger partial charge in [-0.3, -0.25) is 19.3 Å². The van der Waals surface area contributed by atoms with Gasteiger partial charge in [-0.25, -0.2) is 0 Å². The third-order valence-electron chi connectivity index (χ3n) is 4.88. The minimum Gasteiger partial charge on any atom is -0.486 e. The van der Waals surface area contributed by atoms with Crippen LogP contribution in [-0.4, -0.2) is 48.3 Å². The fourth-order valence-electron chi connectivity index (χ4n) is 3.29. The van der Waals surface area contributed by atoms with Crippen LogP contribution in [0.5, 0.6) is 11.5 Å². The lowest BCUT2D eigenvalue weighted by molar-refractivity contribution is -0.124. The minimum absolute atomic E-state index is 0.137. The minimum atomic E-state index is -0.329. The van der Waals surface area contributed by atoms with Crippen LogP contribution in [0, 0.1) is 0 Å². The first-order valence-electron chi connectivity index (χ1n) is 10.1. The van der Waals surface area contributed by atoms with E-state index >= 15 is 0 Å². The molecular formula is C23H22N2O5S. The summed E-state index contributed by atoms with van der Waals surface area (Å²) in [6.45, 7) is 1.42. The summed E-state index contributed by atoms with van der Waals surface area (Å²) in [5, 5.41) is 2.46. The summed E-state index contributed by atoms with van der Waals surface area (Å²) >= 11 is 0.918. The topological polar surface area (TPSA) is 84.9 Å². The molecular weight excluding hydrogens is 416 g/mol. The van der Waals surface area contributed by atoms with Crippen molar-refractivity contribution in [2.24, 2.45) is 0 Å². The summed E-state index contributed by atoms with van der Waals surface area (Å²) in [4.78, 5) is 38.4. The number of benzene rings is 2. The number of amides is 3. The zero-order chi connectivity index (χ0) is 21.6. The third-order valence-corrected chi connectivity index (χ3v) is 5.78. The number of hydrogen-bond donors (Lipinski definition) is 1. The summed E-state index contributed by atoms with van der Waals surface area (Å²) in [6, 6.07) is 15.0. The Hall–Kier alpha value is -3.26. The summed E-state index contributed by atoms with van der Waals surface area (Å²) in [6.07, 6.45) is 2.57. The van der Waals surface area contributed by atoms with E-state index in [-0.39, 0.29) is 30.1 Å². The molecule has 0 aromatic heterocycles. The quantitative estimate of drug-likeness (QED) is 0.668. The number of thioether (sulfide) groups is 1. The number of nitrogens with one attached hydrogen (secondary N) is 1. The van der Waals surface area contributed by atoms with E-state index in [0.29, 0.717) is 36.7 Å². The molecule has 7 nitrogen and oxygen atoms in total. The molecule has 3 amide bonds. The molecule has 0 aliphatic carbocycles. The number of nitrogens with zero attached hydrogens (tertiary/aromatic N) is 1. The van der Waals surface area contributed by atoms with Crippen molar-refractivity contribution in [2.45, 2.75) is 12.8 Å². The molecule has 2 aliphatic heterocycles. The molecule has 0 saturated carbocycles. The number of ether oxygens (including phenoxy) is 2. The van der Waals surface area contributed by atoms with E-state index in [2.05, 4.69) is 5.32 Å². The van der Waals surface area contributed by atoms with Gasteiger partial charge in [-0.1, -0.05) is 36.4 Å². The molecule has 1 saturated heterocycles. The molecule has 0 bridgehead atoms. The Morgan fingerprint density at radius 3 is 2.65 bits per heavy atom. The highest BCUT2D eigenvalue weighted by atomic mass is 32.2. The summed E-state index contributed by atoms with van der Waals surface area (Å²) in [5.74, 6) is 0.955. The smallest absolute Gasteiger partial charge is 0.293 e. The van der Waals surface area contributed by atoms with E-state index in [4.69, 9.17) is 9.47 Å². The highest BCUT2D eigenvalue weighted by Crippen LogP contribution is 2.32. The Balaban J connectivity index is 1.23. The van der Waals surface area contributed by atoms with E-state index in [1.165, 1.54) is 4.90 Å². The second-order valence-corrected chi connectivity index (χ2v) is 8.07. The summed E-state index contributed by atoms with van der Waals surface area (Å²) in [7, 11) is 0. The number of aryl methyl sites for hydroxylation is 1. The van der Waals surface area contributed by atoms with Gasteiger partial charge in [0, 0.05) is 19.5 Å².